The second kappa shape index (κ2) is 4.78. The number of hydrogen-bond donors (Lipinski definition) is 2. The van der Waals surface area contributed by atoms with Crippen LogP contribution in [0.4, 0.5) is 0 Å². The number of rotatable bonds is 2. The van der Waals surface area contributed by atoms with E-state index < -0.39 is 0 Å². The van der Waals surface area contributed by atoms with Gasteiger partial charge >= 0.3 is 5.69 Å². The smallest absolute Gasteiger partial charge is 0.312 e. The molecule has 0 radical (unpaired) electrons. The number of aromatic nitrogens is 2. The Morgan fingerprint density at radius 1 is 1.39 bits per heavy atom. The Morgan fingerprint density at radius 2 is 2.28 bits per heavy atom. The number of halogens is 1. The molecule has 1 unspecified atom stereocenters. The Kier molecular flexibility index (Phi) is 3.14. The summed E-state index contributed by atoms with van der Waals surface area (Å²) in [5.41, 5.74) is 1.55. The quantitative estimate of drug-likeness (QED) is 0.874. The van der Waals surface area contributed by atoms with E-state index in [1.54, 1.807) is 10.6 Å². The zero-order valence-corrected chi connectivity index (χ0v) is 10.8. The summed E-state index contributed by atoms with van der Waals surface area (Å²) in [5.74, 6) is 0. The van der Waals surface area contributed by atoms with Gasteiger partial charge in [0.1, 0.15) is 0 Å². The third-order valence-corrected chi connectivity index (χ3v) is 3.89. The molecule has 18 heavy (non-hydrogen) atoms. The van der Waals surface area contributed by atoms with Gasteiger partial charge in [-0.2, -0.15) is 0 Å². The van der Waals surface area contributed by atoms with Gasteiger partial charge < -0.3 is 10.3 Å². The van der Waals surface area contributed by atoms with Gasteiger partial charge in [-0.1, -0.05) is 24.1 Å². The van der Waals surface area contributed by atoms with Crippen molar-refractivity contribution >= 4 is 22.6 Å². The maximum absolute atomic E-state index is 12.0. The number of para-hydroxylation sites is 1. The molecule has 0 aliphatic carbocycles. The molecule has 1 aliphatic heterocycles. The second-order valence-electron chi connectivity index (χ2n) is 4.82. The summed E-state index contributed by atoms with van der Waals surface area (Å²) in [5, 5.41) is 4.05. The van der Waals surface area contributed by atoms with Gasteiger partial charge in [-0.15, -0.1) is 0 Å². The van der Waals surface area contributed by atoms with Crippen LogP contribution >= 0.6 is 11.6 Å². The molecule has 96 valence electrons. The lowest BCUT2D eigenvalue weighted by Crippen LogP contribution is -2.39. The number of hydrogen-bond acceptors (Lipinski definition) is 2. The van der Waals surface area contributed by atoms with Crippen LogP contribution in [0.2, 0.25) is 5.02 Å². The zero-order valence-electron chi connectivity index (χ0n) is 10.1. The predicted molar refractivity (Wildman–Crippen MR) is 73.2 cm³/mol. The molecule has 1 aliphatic rings. The summed E-state index contributed by atoms with van der Waals surface area (Å²) in [6.07, 6.45) is 3.58. The van der Waals surface area contributed by atoms with Crippen molar-refractivity contribution in [2.24, 2.45) is 0 Å². The van der Waals surface area contributed by atoms with Gasteiger partial charge in [0.15, 0.2) is 0 Å². The molecular formula is C13H16ClN3O. The lowest BCUT2D eigenvalue weighted by Gasteiger charge is -2.23. The van der Waals surface area contributed by atoms with Crippen molar-refractivity contribution in [1.82, 2.24) is 14.9 Å². The average Bonchev–Trinajstić information content (AvgIpc) is 2.70. The molecule has 1 saturated heterocycles. The van der Waals surface area contributed by atoms with Crippen LogP contribution in [0.5, 0.6) is 0 Å². The van der Waals surface area contributed by atoms with Crippen molar-refractivity contribution < 1.29 is 0 Å². The van der Waals surface area contributed by atoms with E-state index >= 15 is 0 Å². The van der Waals surface area contributed by atoms with Crippen LogP contribution in [0.15, 0.2) is 23.0 Å². The Bertz CT molecular complexity index is 610. The van der Waals surface area contributed by atoms with Crippen LogP contribution < -0.4 is 11.0 Å². The number of fused-ring (bicyclic) bond motifs is 1. The molecule has 1 aromatic heterocycles. The van der Waals surface area contributed by atoms with Crippen LogP contribution in [0.25, 0.3) is 11.0 Å². The fraction of sp³-hybridized carbons (Fsp3) is 0.462. The van der Waals surface area contributed by atoms with Crippen LogP contribution in [0.1, 0.15) is 19.3 Å². The molecule has 0 bridgehead atoms. The minimum atomic E-state index is -0.0783. The van der Waals surface area contributed by atoms with Crippen LogP contribution in [0.3, 0.4) is 0 Å². The number of piperidine rings is 1. The monoisotopic (exact) mass is 265 g/mol. The standard InChI is InChI=1S/C13H16ClN3O/c14-10-5-3-6-11-12(10)16-13(18)17(11)8-9-4-1-2-7-15-9/h3,5-6,9,15H,1-2,4,7-8H2,(H,16,18). The largest absolute Gasteiger partial charge is 0.326 e. The first-order chi connectivity index (χ1) is 8.75. The topological polar surface area (TPSA) is 49.8 Å². The summed E-state index contributed by atoms with van der Waals surface area (Å²) in [4.78, 5) is 14.8. The van der Waals surface area contributed by atoms with Gasteiger partial charge in [0, 0.05) is 12.6 Å². The maximum atomic E-state index is 12.0. The van der Waals surface area contributed by atoms with Crippen molar-refractivity contribution in [1.29, 1.82) is 0 Å². The van der Waals surface area contributed by atoms with E-state index in [1.165, 1.54) is 12.8 Å². The maximum Gasteiger partial charge on any atom is 0.326 e. The van der Waals surface area contributed by atoms with E-state index in [9.17, 15) is 4.79 Å². The first kappa shape index (κ1) is 11.8. The second-order valence-corrected chi connectivity index (χ2v) is 5.23. The first-order valence-corrected chi connectivity index (χ1v) is 6.74. The van der Waals surface area contributed by atoms with Gasteiger partial charge in [0.05, 0.1) is 16.1 Å². The molecule has 1 aromatic carbocycles. The average molecular weight is 266 g/mol. The van der Waals surface area contributed by atoms with Crippen molar-refractivity contribution in [2.75, 3.05) is 6.54 Å². The summed E-state index contributed by atoms with van der Waals surface area (Å²) in [6.45, 7) is 1.75. The Labute approximate surface area is 110 Å². The Balaban J connectivity index is 1.98. The lowest BCUT2D eigenvalue weighted by atomic mass is 10.1. The van der Waals surface area contributed by atoms with E-state index in [0.717, 1.165) is 24.0 Å². The highest BCUT2D eigenvalue weighted by atomic mass is 35.5. The van der Waals surface area contributed by atoms with Gasteiger partial charge in [-0.25, -0.2) is 4.79 Å². The summed E-state index contributed by atoms with van der Waals surface area (Å²) >= 11 is 6.09. The third-order valence-electron chi connectivity index (χ3n) is 3.57. The van der Waals surface area contributed by atoms with Gasteiger partial charge in [0.2, 0.25) is 0 Å². The highest BCUT2D eigenvalue weighted by molar-refractivity contribution is 6.34. The van der Waals surface area contributed by atoms with Crippen LogP contribution in [0, 0.1) is 0 Å². The fourth-order valence-corrected chi connectivity index (χ4v) is 2.84. The number of imidazole rings is 1. The zero-order chi connectivity index (χ0) is 12.5. The van der Waals surface area contributed by atoms with Crippen molar-refractivity contribution in [2.45, 2.75) is 31.8 Å². The minimum absolute atomic E-state index is 0.0783. The number of nitrogens with one attached hydrogen (secondary N) is 2. The number of nitrogens with zero attached hydrogens (tertiary/aromatic N) is 1. The molecule has 2 aromatic rings. The molecule has 0 amide bonds. The van der Waals surface area contributed by atoms with Gasteiger partial charge in [-0.05, 0) is 31.5 Å². The Hall–Kier alpha value is -1.26. The van der Waals surface area contributed by atoms with E-state index in [2.05, 4.69) is 10.3 Å². The fourth-order valence-electron chi connectivity index (χ4n) is 2.63. The molecular weight excluding hydrogens is 250 g/mol. The van der Waals surface area contributed by atoms with Crippen molar-refractivity contribution in [3.05, 3.63) is 33.7 Å². The van der Waals surface area contributed by atoms with Crippen molar-refractivity contribution in [3.8, 4) is 0 Å². The van der Waals surface area contributed by atoms with Crippen LogP contribution in [-0.2, 0) is 6.54 Å². The number of H-pyrrole nitrogens is 1. The molecule has 0 saturated carbocycles. The molecule has 1 atom stereocenters. The highest BCUT2D eigenvalue weighted by Crippen LogP contribution is 2.20. The molecule has 1 fully saturated rings. The summed E-state index contributed by atoms with van der Waals surface area (Å²) < 4.78 is 1.78. The third kappa shape index (κ3) is 2.06. The van der Waals surface area contributed by atoms with Gasteiger partial charge in [-0.3, -0.25) is 4.57 Å². The normalized spacial score (nSPS) is 20.4. The predicted octanol–water partition coefficient (Wildman–Crippen LogP) is 2.13. The lowest BCUT2D eigenvalue weighted by molar-refractivity contribution is 0.363. The summed E-state index contributed by atoms with van der Waals surface area (Å²) in [7, 11) is 0. The number of benzene rings is 1. The molecule has 0 spiro atoms. The van der Waals surface area contributed by atoms with Crippen molar-refractivity contribution in [3.63, 3.8) is 0 Å². The summed E-state index contributed by atoms with van der Waals surface area (Å²) in [6, 6.07) is 5.99. The molecule has 5 heteroatoms. The Morgan fingerprint density at radius 3 is 3.06 bits per heavy atom. The SMILES string of the molecule is O=c1[nH]c2c(Cl)cccc2n1CC1CCCCN1. The first-order valence-electron chi connectivity index (χ1n) is 6.36. The van der Waals surface area contributed by atoms with E-state index in [1.807, 2.05) is 12.1 Å². The van der Waals surface area contributed by atoms with E-state index in [0.29, 0.717) is 17.6 Å². The molecule has 2 N–H and O–H groups in total. The molecule has 4 nitrogen and oxygen atoms in total. The molecule has 3 rings (SSSR count). The number of aromatic amines is 1. The highest BCUT2D eigenvalue weighted by Gasteiger charge is 2.16. The minimum Gasteiger partial charge on any atom is -0.312 e. The van der Waals surface area contributed by atoms with Gasteiger partial charge in [0.25, 0.3) is 0 Å². The van der Waals surface area contributed by atoms with Crippen LogP contribution in [-0.4, -0.2) is 22.1 Å². The van der Waals surface area contributed by atoms with E-state index in [4.69, 9.17) is 11.6 Å². The van der Waals surface area contributed by atoms with E-state index in [-0.39, 0.29) is 5.69 Å². The molecule has 2 heterocycles.